The fourth-order valence-electron chi connectivity index (χ4n) is 4.16. The molecule has 9 heteroatoms. The summed E-state index contributed by atoms with van der Waals surface area (Å²) in [5.41, 5.74) is 0.336. The first-order valence-corrected chi connectivity index (χ1v) is 11.2. The molecule has 1 heterocycles. The molecule has 0 radical (unpaired) electrons. The third-order valence-corrected chi connectivity index (χ3v) is 7.55. The van der Waals surface area contributed by atoms with Crippen LogP contribution < -0.4 is 5.32 Å². The second kappa shape index (κ2) is 8.25. The SMILES string of the molecule is O=C(COC(=O)[C@@H]1C[C@H]2C=C[C@H]1C2)Nc1cccc(S(=O)(=O)N2CCOCC2)c1. The van der Waals surface area contributed by atoms with E-state index in [-0.39, 0.29) is 22.7 Å². The molecule has 8 nitrogen and oxygen atoms in total. The Bertz CT molecular complexity index is 923. The van der Waals surface area contributed by atoms with E-state index in [2.05, 4.69) is 17.5 Å². The molecule has 1 saturated carbocycles. The van der Waals surface area contributed by atoms with Crippen LogP contribution >= 0.6 is 0 Å². The number of nitrogens with zero attached hydrogens (tertiary/aromatic N) is 1. The molecular weight excluding hydrogens is 396 g/mol. The second-order valence-corrected chi connectivity index (χ2v) is 9.52. The van der Waals surface area contributed by atoms with E-state index in [9.17, 15) is 18.0 Å². The van der Waals surface area contributed by atoms with E-state index in [0.29, 0.717) is 37.9 Å². The van der Waals surface area contributed by atoms with Crippen LogP contribution in [0.3, 0.4) is 0 Å². The highest BCUT2D eigenvalue weighted by Gasteiger charge is 2.40. The van der Waals surface area contributed by atoms with Gasteiger partial charge in [0.2, 0.25) is 10.0 Å². The van der Waals surface area contributed by atoms with Crippen molar-refractivity contribution in [2.45, 2.75) is 17.7 Å². The van der Waals surface area contributed by atoms with E-state index >= 15 is 0 Å². The predicted octanol–water partition coefficient (Wildman–Crippen LogP) is 1.40. The number of allylic oxidation sites excluding steroid dienone is 2. The highest BCUT2D eigenvalue weighted by atomic mass is 32.2. The van der Waals surface area contributed by atoms with Crippen molar-refractivity contribution in [3.05, 3.63) is 36.4 Å². The maximum Gasteiger partial charge on any atom is 0.310 e. The fourth-order valence-corrected chi connectivity index (χ4v) is 5.62. The van der Waals surface area contributed by atoms with Gasteiger partial charge in [0.05, 0.1) is 24.0 Å². The number of fused-ring (bicyclic) bond motifs is 2. The Morgan fingerprint density at radius 1 is 1.17 bits per heavy atom. The number of sulfonamides is 1. The number of rotatable bonds is 6. The molecule has 4 rings (SSSR count). The monoisotopic (exact) mass is 420 g/mol. The van der Waals surface area contributed by atoms with Crippen molar-refractivity contribution in [1.82, 2.24) is 4.31 Å². The van der Waals surface area contributed by atoms with Crippen molar-refractivity contribution in [3.63, 3.8) is 0 Å². The summed E-state index contributed by atoms with van der Waals surface area (Å²) in [4.78, 5) is 24.5. The van der Waals surface area contributed by atoms with Gasteiger partial charge >= 0.3 is 5.97 Å². The first-order chi connectivity index (χ1) is 13.9. The number of carbonyl (C=O) groups is 2. The van der Waals surface area contributed by atoms with Crippen LogP contribution in [0.5, 0.6) is 0 Å². The van der Waals surface area contributed by atoms with Crippen LogP contribution in [0.15, 0.2) is 41.3 Å². The van der Waals surface area contributed by atoms with Gasteiger partial charge in [-0.15, -0.1) is 0 Å². The number of nitrogens with one attached hydrogen (secondary N) is 1. The minimum atomic E-state index is -3.65. The topological polar surface area (TPSA) is 102 Å². The number of esters is 1. The van der Waals surface area contributed by atoms with E-state index in [1.54, 1.807) is 12.1 Å². The number of amides is 1. The molecule has 3 aliphatic rings. The number of carbonyl (C=O) groups excluding carboxylic acids is 2. The van der Waals surface area contributed by atoms with Crippen LogP contribution in [0, 0.1) is 17.8 Å². The van der Waals surface area contributed by atoms with Crippen molar-refractivity contribution in [3.8, 4) is 0 Å². The highest BCUT2D eigenvalue weighted by molar-refractivity contribution is 7.89. The zero-order valence-electron chi connectivity index (χ0n) is 16.0. The van der Waals surface area contributed by atoms with Crippen molar-refractivity contribution in [2.75, 3.05) is 38.2 Å². The zero-order chi connectivity index (χ0) is 20.4. The molecule has 2 aliphatic carbocycles. The standard InChI is InChI=1S/C20H24N2O6S/c23-19(13-28-20(24)18-11-14-4-5-15(18)10-14)21-16-2-1-3-17(12-16)29(25,26)22-6-8-27-9-7-22/h1-5,12,14-15,18H,6-11,13H2,(H,21,23)/t14-,15-,18+/m0/s1. The molecule has 0 unspecified atom stereocenters. The van der Waals surface area contributed by atoms with E-state index in [0.717, 1.165) is 12.8 Å². The number of ether oxygens (including phenoxy) is 2. The van der Waals surface area contributed by atoms with Gasteiger partial charge in [0.1, 0.15) is 0 Å². The maximum atomic E-state index is 12.7. The average molecular weight is 420 g/mol. The fraction of sp³-hybridized carbons (Fsp3) is 0.500. The lowest BCUT2D eigenvalue weighted by Crippen LogP contribution is -2.40. The van der Waals surface area contributed by atoms with Crippen molar-refractivity contribution in [1.29, 1.82) is 0 Å². The summed E-state index contributed by atoms with van der Waals surface area (Å²) >= 11 is 0. The predicted molar refractivity (Wildman–Crippen MR) is 104 cm³/mol. The molecule has 2 bridgehead atoms. The molecule has 1 amide bonds. The second-order valence-electron chi connectivity index (χ2n) is 7.59. The summed E-state index contributed by atoms with van der Waals surface area (Å²) in [5.74, 6) is -0.349. The molecule has 1 N–H and O–H groups in total. The van der Waals surface area contributed by atoms with E-state index < -0.39 is 22.5 Å². The minimum Gasteiger partial charge on any atom is -0.455 e. The molecular formula is C20H24N2O6S. The lowest BCUT2D eigenvalue weighted by molar-refractivity contribution is -0.152. The third-order valence-electron chi connectivity index (χ3n) is 5.65. The lowest BCUT2D eigenvalue weighted by atomic mass is 9.94. The summed E-state index contributed by atoms with van der Waals surface area (Å²) < 4.78 is 37.2. The Kier molecular flexibility index (Phi) is 5.71. The molecule has 1 aromatic rings. The first-order valence-electron chi connectivity index (χ1n) is 9.76. The third kappa shape index (κ3) is 4.36. The first kappa shape index (κ1) is 20.1. The number of morpholine rings is 1. The molecule has 3 atom stereocenters. The van der Waals surface area contributed by atoms with Gasteiger partial charge in [-0.3, -0.25) is 9.59 Å². The van der Waals surface area contributed by atoms with Gasteiger partial charge in [0.25, 0.3) is 5.91 Å². The zero-order valence-corrected chi connectivity index (χ0v) is 16.8. The van der Waals surface area contributed by atoms with E-state index in [4.69, 9.17) is 9.47 Å². The van der Waals surface area contributed by atoms with Gasteiger partial charge in [0.15, 0.2) is 6.61 Å². The quantitative estimate of drug-likeness (QED) is 0.551. The van der Waals surface area contributed by atoms with Crippen LogP contribution in [0.25, 0.3) is 0 Å². The molecule has 0 spiro atoms. The van der Waals surface area contributed by atoms with Crippen LogP contribution in [0.4, 0.5) is 5.69 Å². The highest BCUT2D eigenvalue weighted by Crippen LogP contribution is 2.43. The Morgan fingerprint density at radius 2 is 1.97 bits per heavy atom. The molecule has 1 aliphatic heterocycles. The number of hydrogen-bond acceptors (Lipinski definition) is 6. The summed E-state index contributed by atoms with van der Waals surface area (Å²) in [6.45, 7) is 0.926. The van der Waals surface area contributed by atoms with Crippen LogP contribution in [0.1, 0.15) is 12.8 Å². The maximum absolute atomic E-state index is 12.7. The molecule has 1 saturated heterocycles. The van der Waals surface area contributed by atoms with Crippen LogP contribution in [0.2, 0.25) is 0 Å². The van der Waals surface area contributed by atoms with Gasteiger partial charge in [-0.1, -0.05) is 18.2 Å². The van der Waals surface area contributed by atoms with Crippen LogP contribution in [-0.4, -0.2) is 57.5 Å². The normalized spacial score (nSPS) is 26.4. The molecule has 156 valence electrons. The number of anilines is 1. The van der Waals surface area contributed by atoms with Gasteiger partial charge in [0, 0.05) is 18.8 Å². The van der Waals surface area contributed by atoms with E-state index in [1.165, 1.54) is 16.4 Å². The van der Waals surface area contributed by atoms with E-state index in [1.807, 2.05) is 0 Å². The Labute approximate surface area is 169 Å². The van der Waals surface area contributed by atoms with Gasteiger partial charge in [-0.05, 0) is 42.9 Å². The lowest BCUT2D eigenvalue weighted by Gasteiger charge is -2.26. The van der Waals surface area contributed by atoms with Gasteiger partial charge in [-0.2, -0.15) is 4.31 Å². The smallest absolute Gasteiger partial charge is 0.310 e. The van der Waals surface area contributed by atoms with Crippen molar-refractivity contribution >= 4 is 27.6 Å². The number of hydrogen-bond donors (Lipinski definition) is 1. The summed E-state index contributed by atoms with van der Waals surface area (Å²) in [6, 6.07) is 6.06. The number of benzene rings is 1. The van der Waals surface area contributed by atoms with Gasteiger partial charge in [-0.25, -0.2) is 8.42 Å². The largest absolute Gasteiger partial charge is 0.455 e. The molecule has 0 aromatic heterocycles. The minimum absolute atomic E-state index is 0.1000. The summed E-state index contributed by atoms with van der Waals surface area (Å²) in [5, 5.41) is 2.60. The van der Waals surface area contributed by atoms with Crippen molar-refractivity contribution < 1.29 is 27.5 Å². The summed E-state index contributed by atoms with van der Waals surface area (Å²) in [6.07, 6.45) is 5.96. The molecule has 2 fully saturated rings. The van der Waals surface area contributed by atoms with Crippen molar-refractivity contribution in [2.24, 2.45) is 17.8 Å². The summed E-state index contributed by atoms with van der Waals surface area (Å²) in [7, 11) is -3.65. The molecule has 29 heavy (non-hydrogen) atoms. The Morgan fingerprint density at radius 3 is 2.66 bits per heavy atom. The Balaban J connectivity index is 1.33. The van der Waals surface area contributed by atoms with Gasteiger partial charge < -0.3 is 14.8 Å². The molecule has 1 aromatic carbocycles. The van der Waals surface area contributed by atoms with Crippen LogP contribution in [-0.2, 0) is 29.1 Å². The Hall–Kier alpha value is -2.23. The average Bonchev–Trinajstić information content (AvgIpc) is 3.37.